The molecule has 0 unspecified atom stereocenters. The molecule has 3 heterocycles. The highest BCUT2D eigenvalue weighted by Crippen LogP contribution is 2.40. The van der Waals surface area contributed by atoms with E-state index in [1.807, 2.05) is 0 Å². The van der Waals surface area contributed by atoms with Crippen LogP contribution in [0.2, 0.25) is 0 Å². The van der Waals surface area contributed by atoms with Crippen LogP contribution in [0.4, 0.5) is 13.2 Å². The molecule has 3 rings (SSSR count). The maximum Gasteiger partial charge on any atom is 0.418 e. The first kappa shape index (κ1) is 12.3. The summed E-state index contributed by atoms with van der Waals surface area (Å²) in [6.45, 7) is 0.648. The van der Waals surface area contributed by atoms with Crippen molar-refractivity contribution in [2.45, 2.75) is 32.0 Å². The summed E-state index contributed by atoms with van der Waals surface area (Å²) in [6, 6.07) is 4.64. The normalized spacial score (nSPS) is 15.3. The molecule has 0 aromatic carbocycles. The number of aryl methyl sites for hydroxylation is 1. The Morgan fingerprint density at radius 1 is 1.21 bits per heavy atom. The van der Waals surface area contributed by atoms with Crippen LogP contribution >= 0.6 is 0 Å². The molecule has 0 amide bonds. The maximum absolute atomic E-state index is 13.2. The molecule has 2 aromatic heterocycles. The molecule has 0 N–H and O–H groups in total. The Labute approximate surface area is 108 Å². The third-order valence-electron chi connectivity index (χ3n) is 3.49. The lowest BCUT2D eigenvalue weighted by atomic mass is 10.1. The van der Waals surface area contributed by atoms with Crippen LogP contribution in [0.1, 0.15) is 24.1 Å². The highest BCUT2D eigenvalue weighted by Gasteiger charge is 2.37. The topological polar surface area (TPSA) is 17.8 Å². The third-order valence-corrected chi connectivity index (χ3v) is 3.49. The van der Waals surface area contributed by atoms with Gasteiger partial charge < -0.3 is 4.57 Å². The summed E-state index contributed by atoms with van der Waals surface area (Å²) < 4.78 is 41.4. The number of pyridine rings is 1. The molecular formula is C14H13F3N2. The number of fused-ring (bicyclic) bond motifs is 1. The van der Waals surface area contributed by atoms with E-state index in [9.17, 15) is 13.2 Å². The van der Waals surface area contributed by atoms with E-state index in [2.05, 4.69) is 4.98 Å². The van der Waals surface area contributed by atoms with Crippen LogP contribution in [0.5, 0.6) is 0 Å². The van der Waals surface area contributed by atoms with E-state index in [-0.39, 0.29) is 5.69 Å². The number of rotatable bonds is 1. The molecule has 0 fully saturated rings. The highest BCUT2D eigenvalue weighted by molar-refractivity contribution is 5.65. The first-order chi connectivity index (χ1) is 9.07. The Morgan fingerprint density at radius 3 is 2.74 bits per heavy atom. The molecule has 19 heavy (non-hydrogen) atoms. The van der Waals surface area contributed by atoms with Gasteiger partial charge in [0.25, 0.3) is 0 Å². The molecule has 2 nitrogen and oxygen atoms in total. The van der Waals surface area contributed by atoms with Gasteiger partial charge in [-0.05, 0) is 37.5 Å². The van der Waals surface area contributed by atoms with E-state index in [4.69, 9.17) is 0 Å². The van der Waals surface area contributed by atoms with Gasteiger partial charge in [0.05, 0.1) is 11.3 Å². The average molecular weight is 266 g/mol. The molecular weight excluding hydrogens is 253 g/mol. The zero-order valence-electron chi connectivity index (χ0n) is 10.2. The van der Waals surface area contributed by atoms with E-state index < -0.39 is 11.7 Å². The molecule has 0 atom stereocenters. The monoisotopic (exact) mass is 266 g/mol. The van der Waals surface area contributed by atoms with Crippen molar-refractivity contribution in [1.82, 2.24) is 9.55 Å². The molecule has 0 bridgehead atoms. The molecule has 0 saturated carbocycles. The van der Waals surface area contributed by atoms with Crippen LogP contribution in [0.3, 0.4) is 0 Å². The minimum Gasteiger partial charge on any atom is -0.344 e. The Hall–Kier alpha value is -1.78. The molecule has 2 aromatic rings. The molecule has 0 saturated heterocycles. The zero-order valence-corrected chi connectivity index (χ0v) is 10.2. The summed E-state index contributed by atoms with van der Waals surface area (Å²) in [7, 11) is 0. The fourth-order valence-corrected chi connectivity index (χ4v) is 2.67. The lowest BCUT2D eigenvalue weighted by molar-refractivity contribution is -0.137. The first-order valence-corrected chi connectivity index (χ1v) is 6.27. The second-order valence-corrected chi connectivity index (χ2v) is 4.75. The second-order valence-electron chi connectivity index (χ2n) is 4.75. The van der Waals surface area contributed by atoms with Gasteiger partial charge in [0.1, 0.15) is 0 Å². The standard InChI is InChI=1S/C14H13F3N2/c15-14(16,17)12-8-11-5-1-2-7-19(11)13(12)10-4-3-6-18-9-10/h3-4,6,8-9H,1-2,5,7H2. The number of aromatic nitrogens is 2. The zero-order chi connectivity index (χ0) is 13.5. The number of halogens is 3. The Kier molecular flexibility index (Phi) is 2.84. The van der Waals surface area contributed by atoms with Crippen molar-refractivity contribution >= 4 is 0 Å². The summed E-state index contributed by atoms with van der Waals surface area (Å²) >= 11 is 0. The third kappa shape index (κ3) is 2.13. The minimum absolute atomic E-state index is 0.260. The Morgan fingerprint density at radius 2 is 2.05 bits per heavy atom. The van der Waals surface area contributed by atoms with Crippen LogP contribution in [0, 0.1) is 0 Å². The SMILES string of the molecule is FC(F)(F)c1cc2n(c1-c1cccnc1)CCCC2. The highest BCUT2D eigenvalue weighted by atomic mass is 19.4. The van der Waals surface area contributed by atoms with Gasteiger partial charge in [0.15, 0.2) is 0 Å². The van der Waals surface area contributed by atoms with Crippen molar-refractivity contribution in [3.05, 3.63) is 41.9 Å². The quantitative estimate of drug-likeness (QED) is 0.765. The van der Waals surface area contributed by atoms with Crippen molar-refractivity contribution in [1.29, 1.82) is 0 Å². The van der Waals surface area contributed by atoms with Gasteiger partial charge in [-0.1, -0.05) is 0 Å². The van der Waals surface area contributed by atoms with E-state index in [1.165, 1.54) is 12.3 Å². The summed E-state index contributed by atoms with van der Waals surface area (Å²) in [5, 5.41) is 0. The van der Waals surface area contributed by atoms with Crippen molar-refractivity contribution in [2.24, 2.45) is 0 Å². The molecule has 5 heteroatoms. The smallest absolute Gasteiger partial charge is 0.344 e. The van der Waals surface area contributed by atoms with Crippen molar-refractivity contribution in [3.63, 3.8) is 0 Å². The van der Waals surface area contributed by atoms with Gasteiger partial charge in [-0.2, -0.15) is 13.2 Å². The molecule has 1 aliphatic rings. The van der Waals surface area contributed by atoms with Crippen LogP contribution in [0.15, 0.2) is 30.6 Å². The largest absolute Gasteiger partial charge is 0.418 e. The van der Waals surface area contributed by atoms with E-state index in [1.54, 1.807) is 22.9 Å². The second kappa shape index (κ2) is 4.40. The number of alkyl halides is 3. The van der Waals surface area contributed by atoms with Crippen LogP contribution < -0.4 is 0 Å². The number of nitrogens with zero attached hydrogens (tertiary/aromatic N) is 2. The lowest BCUT2D eigenvalue weighted by Crippen LogP contribution is -2.12. The fraction of sp³-hybridized carbons (Fsp3) is 0.357. The average Bonchev–Trinajstić information content (AvgIpc) is 2.79. The van der Waals surface area contributed by atoms with Crippen LogP contribution in [-0.4, -0.2) is 9.55 Å². The van der Waals surface area contributed by atoms with Crippen molar-refractivity contribution in [2.75, 3.05) is 0 Å². The van der Waals surface area contributed by atoms with Gasteiger partial charge in [-0.25, -0.2) is 0 Å². The van der Waals surface area contributed by atoms with E-state index in [0.717, 1.165) is 18.5 Å². The van der Waals surface area contributed by atoms with Crippen molar-refractivity contribution in [3.8, 4) is 11.3 Å². The predicted molar refractivity (Wildman–Crippen MR) is 65.6 cm³/mol. The minimum atomic E-state index is -4.32. The maximum atomic E-state index is 13.2. The first-order valence-electron chi connectivity index (χ1n) is 6.27. The Balaban J connectivity index is 2.23. The predicted octanol–water partition coefficient (Wildman–Crippen LogP) is 3.91. The van der Waals surface area contributed by atoms with Crippen molar-refractivity contribution < 1.29 is 13.2 Å². The van der Waals surface area contributed by atoms with Crippen LogP contribution in [-0.2, 0) is 19.1 Å². The number of hydrogen-bond donors (Lipinski definition) is 0. The number of hydrogen-bond acceptors (Lipinski definition) is 1. The van der Waals surface area contributed by atoms with E-state index >= 15 is 0 Å². The fourth-order valence-electron chi connectivity index (χ4n) is 2.67. The van der Waals surface area contributed by atoms with Gasteiger partial charge in [0, 0.05) is 30.2 Å². The molecule has 100 valence electrons. The molecule has 0 spiro atoms. The summed E-state index contributed by atoms with van der Waals surface area (Å²) in [5.41, 5.74) is 1.02. The van der Waals surface area contributed by atoms with Gasteiger partial charge in [-0.15, -0.1) is 0 Å². The van der Waals surface area contributed by atoms with E-state index in [0.29, 0.717) is 18.5 Å². The van der Waals surface area contributed by atoms with Crippen LogP contribution in [0.25, 0.3) is 11.3 Å². The summed E-state index contributed by atoms with van der Waals surface area (Å²) in [5.74, 6) is 0. The summed E-state index contributed by atoms with van der Waals surface area (Å²) in [6.07, 6.45) is 1.32. The lowest BCUT2D eigenvalue weighted by Gasteiger charge is -2.18. The van der Waals surface area contributed by atoms with Gasteiger partial charge in [0.2, 0.25) is 0 Å². The molecule has 0 radical (unpaired) electrons. The van der Waals surface area contributed by atoms with Gasteiger partial charge in [-0.3, -0.25) is 4.98 Å². The summed E-state index contributed by atoms with van der Waals surface area (Å²) in [4.78, 5) is 3.93. The molecule has 1 aliphatic heterocycles. The molecule has 0 aliphatic carbocycles. The Bertz CT molecular complexity index is 585. The van der Waals surface area contributed by atoms with Gasteiger partial charge >= 0.3 is 6.18 Å².